The summed E-state index contributed by atoms with van der Waals surface area (Å²) in [5, 5.41) is 11.2. The highest BCUT2D eigenvalue weighted by Gasteiger charge is 2.16. The van der Waals surface area contributed by atoms with E-state index < -0.39 is 0 Å². The van der Waals surface area contributed by atoms with Gasteiger partial charge >= 0.3 is 0 Å². The number of carbonyl (C=O) groups excluding carboxylic acids is 1. The van der Waals surface area contributed by atoms with Crippen molar-refractivity contribution in [3.05, 3.63) is 58.9 Å². The van der Waals surface area contributed by atoms with Gasteiger partial charge in [0, 0.05) is 24.1 Å². The van der Waals surface area contributed by atoms with Crippen molar-refractivity contribution < 1.29 is 18.7 Å². The molecule has 1 amide bonds. The molecule has 0 fully saturated rings. The predicted molar refractivity (Wildman–Crippen MR) is 114 cm³/mol. The summed E-state index contributed by atoms with van der Waals surface area (Å²) in [5.41, 5.74) is 1.24. The van der Waals surface area contributed by atoms with Gasteiger partial charge in [0.05, 0.1) is 18.2 Å². The third-order valence-electron chi connectivity index (χ3n) is 4.13. The van der Waals surface area contributed by atoms with Crippen molar-refractivity contribution in [2.45, 2.75) is 26.7 Å². The summed E-state index contributed by atoms with van der Waals surface area (Å²) in [7, 11) is 0. The number of carbonyl (C=O) groups is 1. The molecule has 158 valence electrons. The molecule has 1 N–H and O–H groups in total. The van der Waals surface area contributed by atoms with Crippen LogP contribution in [0.15, 0.2) is 46.9 Å². The Morgan fingerprint density at radius 2 is 1.93 bits per heavy atom. The third-order valence-corrected chi connectivity index (χ3v) is 4.41. The van der Waals surface area contributed by atoms with Gasteiger partial charge in [-0.25, -0.2) is 0 Å². The zero-order valence-corrected chi connectivity index (χ0v) is 17.7. The number of hydrogen-bond acceptors (Lipinski definition) is 6. The first kappa shape index (κ1) is 21.6. The zero-order valence-electron chi connectivity index (χ0n) is 17.0. The monoisotopic (exact) mass is 429 g/mol. The van der Waals surface area contributed by atoms with E-state index in [1.807, 2.05) is 44.2 Å². The van der Waals surface area contributed by atoms with Crippen molar-refractivity contribution >= 4 is 17.5 Å². The minimum absolute atomic E-state index is 0.275. The molecule has 8 heteroatoms. The van der Waals surface area contributed by atoms with Crippen molar-refractivity contribution in [1.29, 1.82) is 0 Å². The van der Waals surface area contributed by atoms with E-state index in [0.29, 0.717) is 60.0 Å². The SMILES string of the molecule is CCCOc1c(Cl)cc(C(=O)NCCc2nnc(-c3ccccc3)o2)cc1OCC. The van der Waals surface area contributed by atoms with Crippen LogP contribution in [-0.2, 0) is 6.42 Å². The molecular weight excluding hydrogens is 406 g/mol. The smallest absolute Gasteiger partial charge is 0.251 e. The molecule has 1 aromatic heterocycles. The Kier molecular flexibility index (Phi) is 7.68. The second-order valence-corrected chi connectivity index (χ2v) is 6.85. The maximum absolute atomic E-state index is 12.6. The highest BCUT2D eigenvalue weighted by atomic mass is 35.5. The highest BCUT2D eigenvalue weighted by Crippen LogP contribution is 2.36. The molecule has 2 aromatic carbocycles. The van der Waals surface area contributed by atoms with Crippen LogP contribution in [0.1, 0.15) is 36.5 Å². The summed E-state index contributed by atoms with van der Waals surface area (Å²) in [6.07, 6.45) is 1.25. The molecule has 0 radical (unpaired) electrons. The molecule has 3 aromatic rings. The Morgan fingerprint density at radius 1 is 1.13 bits per heavy atom. The van der Waals surface area contributed by atoms with Gasteiger partial charge in [0.25, 0.3) is 5.91 Å². The highest BCUT2D eigenvalue weighted by molar-refractivity contribution is 6.32. The average Bonchev–Trinajstić information content (AvgIpc) is 3.23. The molecule has 0 saturated carbocycles. The van der Waals surface area contributed by atoms with E-state index >= 15 is 0 Å². The normalized spacial score (nSPS) is 10.6. The number of amides is 1. The van der Waals surface area contributed by atoms with Crippen LogP contribution < -0.4 is 14.8 Å². The molecule has 0 aliphatic heterocycles. The summed E-state index contributed by atoms with van der Waals surface area (Å²) < 4.78 is 16.9. The Bertz CT molecular complexity index is 976. The fraction of sp³-hybridized carbons (Fsp3) is 0.318. The minimum Gasteiger partial charge on any atom is -0.490 e. The molecule has 0 spiro atoms. The molecule has 0 aliphatic rings. The first-order valence-electron chi connectivity index (χ1n) is 9.87. The molecule has 0 saturated heterocycles. The number of halogens is 1. The fourth-order valence-electron chi connectivity index (χ4n) is 2.74. The fourth-order valence-corrected chi connectivity index (χ4v) is 3.01. The Balaban J connectivity index is 1.61. The summed E-state index contributed by atoms with van der Waals surface area (Å²) in [6, 6.07) is 12.7. The van der Waals surface area contributed by atoms with Gasteiger partial charge in [-0.05, 0) is 37.6 Å². The number of nitrogens with zero attached hydrogens (tertiary/aromatic N) is 2. The van der Waals surface area contributed by atoms with E-state index in [-0.39, 0.29) is 5.91 Å². The van der Waals surface area contributed by atoms with E-state index in [0.717, 1.165) is 12.0 Å². The van der Waals surface area contributed by atoms with Crippen molar-refractivity contribution in [3.63, 3.8) is 0 Å². The lowest BCUT2D eigenvalue weighted by molar-refractivity contribution is 0.0953. The van der Waals surface area contributed by atoms with Crippen LogP contribution in [0.25, 0.3) is 11.5 Å². The molecule has 0 atom stereocenters. The van der Waals surface area contributed by atoms with Crippen LogP contribution in [0.5, 0.6) is 11.5 Å². The molecule has 0 unspecified atom stereocenters. The quantitative estimate of drug-likeness (QED) is 0.508. The lowest BCUT2D eigenvalue weighted by Gasteiger charge is -2.14. The van der Waals surface area contributed by atoms with E-state index in [9.17, 15) is 4.79 Å². The lowest BCUT2D eigenvalue weighted by Crippen LogP contribution is -2.25. The number of nitrogens with one attached hydrogen (secondary N) is 1. The van der Waals surface area contributed by atoms with Gasteiger partial charge in [0.1, 0.15) is 0 Å². The van der Waals surface area contributed by atoms with E-state index in [4.69, 9.17) is 25.5 Å². The van der Waals surface area contributed by atoms with Gasteiger partial charge in [-0.1, -0.05) is 36.7 Å². The van der Waals surface area contributed by atoms with Crippen LogP contribution in [0, 0.1) is 0 Å². The van der Waals surface area contributed by atoms with Crippen molar-refractivity contribution in [2.75, 3.05) is 19.8 Å². The average molecular weight is 430 g/mol. The molecule has 0 bridgehead atoms. The number of rotatable bonds is 10. The van der Waals surface area contributed by atoms with Gasteiger partial charge in [-0.15, -0.1) is 10.2 Å². The number of benzene rings is 2. The van der Waals surface area contributed by atoms with E-state index in [2.05, 4.69) is 15.5 Å². The van der Waals surface area contributed by atoms with Gasteiger partial charge in [0.15, 0.2) is 11.5 Å². The molecule has 7 nitrogen and oxygen atoms in total. The van der Waals surface area contributed by atoms with Crippen LogP contribution >= 0.6 is 11.6 Å². The summed E-state index contributed by atoms with van der Waals surface area (Å²) in [5.74, 6) is 1.53. The third kappa shape index (κ3) is 5.51. The predicted octanol–water partition coefficient (Wildman–Crippen LogP) is 4.55. The second kappa shape index (κ2) is 10.6. The summed E-state index contributed by atoms with van der Waals surface area (Å²) >= 11 is 6.32. The van der Waals surface area contributed by atoms with Crippen molar-refractivity contribution in [2.24, 2.45) is 0 Å². The van der Waals surface area contributed by atoms with Crippen LogP contribution in [0.4, 0.5) is 0 Å². The Labute approximate surface area is 180 Å². The van der Waals surface area contributed by atoms with Crippen molar-refractivity contribution in [1.82, 2.24) is 15.5 Å². The Morgan fingerprint density at radius 3 is 2.67 bits per heavy atom. The van der Waals surface area contributed by atoms with Gasteiger partial charge in [-0.3, -0.25) is 4.79 Å². The minimum atomic E-state index is -0.275. The number of hydrogen-bond donors (Lipinski definition) is 1. The summed E-state index contributed by atoms with van der Waals surface area (Å²) in [6.45, 7) is 5.15. The van der Waals surface area contributed by atoms with Crippen LogP contribution in [-0.4, -0.2) is 35.9 Å². The van der Waals surface area contributed by atoms with Crippen molar-refractivity contribution in [3.8, 4) is 23.0 Å². The Hall–Kier alpha value is -3.06. The maximum Gasteiger partial charge on any atom is 0.251 e. The van der Waals surface area contributed by atoms with E-state index in [1.165, 1.54) is 0 Å². The van der Waals surface area contributed by atoms with Crippen LogP contribution in [0.3, 0.4) is 0 Å². The topological polar surface area (TPSA) is 86.5 Å². The molecule has 3 rings (SSSR count). The zero-order chi connectivity index (χ0) is 21.3. The van der Waals surface area contributed by atoms with Crippen LogP contribution in [0.2, 0.25) is 5.02 Å². The number of ether oxygens (including phenoxy) is 2. The molecular formula is C22H24ClN3O4. The standard InChI is InChI=1S/C22H24ClN3O4/c1-3-12-29-20-17(23)13-16(14-18(20)28-4-2)21(27)24-11-10-19-25-26-22(30-19)15-8-6-5-7-9-15/h5-9,13-14H,3-4,10-12H2,1-2H3,(H,24,27). The van der Waals surface area contributed by atoms with Gasteiger partial charge < -0.3 is 19.2 Å². The molecule has 0 aliphatic carbocycles. The maximum atomic E-state index is 12.6. The van der Waals surface area contributed by atoms with Gasteiger partial charge in [0.2, 0.25) is 11.8 Å². The number of aromatic nitrogens is 2. The lowest BCUT2D eigenvalue weighted by atomic mass is 10.2. The second-order valence-electron chi connectivity index (χ2n) is 6.44. The molecule has 1 heterocycles. The van der Waals surface area contributed by atoms with Gasteiger partial charge in [-0.2, -0.15) is 0 Å². The largest absolute Gasteiger partial charge is 0.490 e. The molecule has 30 heavy (non-hydrogen) atoms. The first-order chi connectivity index (χ1) is 14.6. The van der Waals surface area contributed by atoms with E-state index in [1.54, 1.807) is 12.1 Å². The summed E-state index contributed by atoms with van der Waals surface area (Å²) in [4.78, 5) is 12.6. The first-order valence-corrected chi connectivity index (χ1v) is 10.2.